The monoisotopic (exact) mass is 284 g/mol. The molecule has 2 rings (SSSR count). The first-order valence-corrected chi connectivity index (χ1v) is 8.23. The van der Waals surface area contributed by atoms with Crippen LogP contribution in [0.5, 0.6) is 0 Å². The number of pyridine rings is 1. The van der Waals surface area contributed by atoms with E-state index in [2.05, 4.69) is 47.5 Å². The van der Waals surface area contributed by atoms with Crippen LogP contribution in [0.3, 0.4) is 0 Å². The summed E-state index contributed by atoms with van der Waals surface area (Å²) in [6, 6.07) is 4.71. The summed E-state index contributed by atoms with van der Waals surface area (Å²) in [5.41, 5.74) is 2.37. The molecule has 5 heteroatoms. The van der Waals surface area contributed by atoms with Crippen LogP contribution in [0.25, 0.3) is 0 Å². The number of hydrogen-bond donors (Lipinski definition) is 1. The molecule has 1 aliphatic heterocycles. The van der Waals surface area contributed by atoms with Crippen molar-refractivity contribution in [3.63, 3.8) is 0 Å². The minimum Gasteiger partial charge on any atom is -0.379 e. The van der Waals surface area contributed by atoms with Crippen molar-refractivity contribution in [1.82, 2.24) is 9.88 Å². The Morgan fingerprint density at radius 1 is 1.33 bits per heavy atom. The highest BCUT2D eigenvalue weighted by Gasteiger charge is 2.18. The van der Waals surface area contributed by atoms with Crippen LogP contribution >= 0.6 is 22.5 Å². The highest BCUT2D eigenvalue weighted by atomic mass is 33.1. The van der Waals surface area contributed by atoms with Gasteiger partial charge in [0.25, 0.3) is 0 Å². The first-order chi connectivity index (χ1) is 8.72. The zero-order valence-electron chi connectivity index (χ0n) is 10.9. The van der Waals surface area contributed by atoms with Gasteiger partial charge in [-0.1, -0.05) is 16.9 Å². The van der Waals surface area contributed by atoms with Gasteiger partial charge in [-0.3, -0.25) is 9.88 Å². The van der Waals surface area contributed by atoms with E-state index in [9.17, 15) is 0 Å². The SMILES string of the molecule is CC(SS)c1ccc(C(C)N2CCOCC2)cn1. The number of aromatic nitrogens is 1. The molecule has 0 saturated carbocycles. The van der Waals surface area contributed by atoms with E-state index in [4.69, 9.17) is 4.74 Å². The van der Waals surface area contributed by atoms with E-state index in [1.807, 2.05) is 6.20 Å². The predicted molar refractivity (Wildman–Crippen MR) is 80.0 cm³/mol. The molecule has 1 aromatic rings. The van der Waals surface area contributed by atoms with Gasteiger partial charge in [0.15, 0.2) is 0 Å². The quantitative estimate of drug-likeness (QED) is 0.678. The Labute approximate surface area is 118 Å². The third kappa shape index (κ3) is 3.41. The number of nitrogens with zero attached hydrogens (tertiary/aromatic N) is 2. The van der Waals surface area contributed by atoms with Crippen LogP contribution in [-0.2, 0) is 4.74 Å². The molecule has 2 atom stereocenters. The Morgan fingerprint density at radius 3 is 2.61 bits per heavy atom. The molecule has 1 aromatic heterocycles. The van der Waals surface area contributed by atoms with E-state index in [-0.39, 0.29) is 0 Å². The van der Waals surface area contributed by atoms with Gasteiger partial charge in [0.2, 0.25) is 0 Å². The molecule has 2 heterocycles. The highest BCUT2D eigenvalue weighted by molar-refractivity contribution is 8.68. The molecule has 0 amide bonds. The molecular weight excluding hydrogens is 264 g/mol. The van der Waals surface area contributed by atoms with Gasteiger partial charge in [0, 0.05) is 25.3 Å². The van der Waals surface area contributed by atoms with Crippen LogP contribution in [0.15, 0.2) is 18.3 Å². The maximum atomic E-state index is 5.38. The first-order valence-electron chi connectivity index (χ1n) is 6.30. The Morgan fingerprint density at radius 2 is 2.06 bits per heavy atom. The van der Waals surface area contributed by atoms with Crippen molar-refractivity contribution in [2.75, 3.05) is 26.3 Å². The number of rotatable bonds is 4. The van der Waals surface area contributed by atoms with Gasteiger partial charge in [-0.15, -0.1) is 11.7 Å². The molecule has 0 aliphatic carbocycles. The van der Waals surface area contributed by atoms with E-state index < -0.39 is 0 Å². The highest BCUT2D eigenvalue weighted by Crippen LogP contribution is 2.30. The molecule has 0 radical (unpaired) electrons. The lowest BCUT2D eigenvalue weighted by atomic mass is 10.1. The third-order valence-electron chi connectivity index (χ3n) is 3.46. The van der Waals surface area contributed by atoms with Crippen LogP contribution in [0.2, 0.25) is 0 Å². The van der Waals surface area contributed by atoms with Crippen molar-refractivity contribution in [3.05, 3.63) is 29.6 Å². The van der Waals surface area contributed by atoms with Gasteiger partial charge in [-0.25, -0.2) is 0 Å². The second-order valence-electron chi connectivity index (χ2n) is 4.59. The average molecular weight is 284 g/mol. The second-order valence-corrected chi connectivity index (χ2v) is 6.14. The standard InChI is InChI=1S/C13H20N2OS2/c1-10(15-5-7-16-8-6-15)12-3-4-13(14-9-12)11(2)18-17/h3-4,9-11,17H,5-8H2,1-2H3. The van der Waals surface area contributed by atoms with Crippen molar-refractivity contribution in [2.24, 2.45) is 0 Å². The van der Waals surface area contributed by atoms with Gasteiger partial charge in [0.1, 0.15) is 0 Å². The molecule has 18 heavy (non-hydrogen) atoms. The Balaban J connectivity index is 2.03. The van der Waals surface area contributed by atoms with Gasteiger partial charge < -0.3 is 4.74 Å². The van der Waals surface area contributed by atoms with Crippen LogP contribution in [0.4, 0.5) is 0 Å². The van der Waals surface area contributed by atoms with Crippen molar-refractivity contribution >= 4 is 22.5 Å². The Bertz CT molecular complexity index is 366. The third-order valence-corrected chi connectivity index (χ3v) is 4.97. The minimum atomic E-state index is 0.334. The topological polar surface area (TPSA) is 25.4 Å². The summed E-state index contributed by atoms with van der Waals surface area (Å²) in [5, 5.41) is 0.334. The lowest BCUT2D eigenvalue weighted by molar-refractivity contribution is 0.0198. The predicted octanol–water partition coefficient (Wildman–Crippen LogP) is 3.11. The number of thiol groups is 1. The van der Waals surface area contributed by atoms with Crippen molar-refractivity contribution in [3.8, 4) is 0 Å². The summed E-state index contributed by atoms with van der Waals surface area (Å²) in [4.78, 5) is 6.98. The molecule has 1 saturated heterocycles. The maximum absolute atomic E-state index is 5.38. The average Bonchev–Trinajstić information content (AvgIpc) is 2.47. The van der Waals surface area contributed by atoms with E-state index in [1.165, 1.54) is 16.4 Å². The molecular formula is C13H20N2OS2. The van der Waals surface area contributed by atoms with Gasteiger partial charge >= 0.3 is 0 Å². The molecule has 0 N–H and O–H groups in total. The number of hydrogen-bond acceptors (Lipinski definition) is 5. The van der Waals surface area contributed by atoms with Crippen LogP contribution in [-0.4, -0.2) is 36.2 Å². The normalized spacial score (nSPS) is 20.6. The number of ether oxygens (including phenoxy) is 1. The fourth-order valence-electron chi connectivity index (χ4n) is 2.13. The summed E-state index contributed by atoms with van der Waals surface area (Å²) < 4.78 is 5.38. The lowest BCUT2D eigenvalue weighted by Gasteiger charge is -2.32. The zero-order chi connectivity index (χ0) is 13.0. The maximum Gasteiger partial charge on any atom is 0.0594 e. The van der Waals surface area contributed by atoms with Gasteiger partial charge in [-0.05, 0) is 25.5 Å². The zero-order valence-corrected chi connectivity index (χ0v) is 12.6. The van der Waals surface area contributed by atoms with E-state index in [0.29, 0.717) is 11.3 Å². The van der Waals surface area contributed by atoms with E-state index >= 15 is 0 Å². The summed E-state index contributed by atoms with van der Waals surface area (Å²) in [6.07, 6.45) is 2.00. The lowest BCUT2D eigenvalue weighted by Crippen LogP contribution is -2.38. The Hall–Kier alpha value is -0.230. The smallest absolute Gasteiger partial charge is 0.0594 e. The molecule has 0 aromatic carbocycles. The van der Waals surface area contributed by atoms with Crippen LogP contribution in [0.1, 0.15) is 36.4 Å². The molecule has 100 valence electrons. The molecule has 1 fully saturated rings. The molecule has 0 bridgehead atoms. The first kappa shape index (κ1) is 14.2. The molecule has 0 spiro atoms. The van der Waals surface area contributed by atoms with Crippen LogP contribution < -0.4 is 0 Å². The molecule has 1 aliphatic rings. The van der Waals surface area contributed by atoms with E-state index in [1.54, 1.807) is 0 Å². The Kier molecular flexibility index (Phi) is 5.36. The minimum absolute atomic E-state index is 0.334. The van der Waals surface area contributed by atoms with Crippen molar-refractivity contribution in [1.29, 1.82) is 0 Å². The summed E-state index contributed by atoms with van der Waals surface area (Å²) in [7, 11) is 1.53. The van der Waals surface area contributed by atoms with Gasteiger partial charge in [-0.2, -0.15) is 0 Å². The molecule has 2 unspecified atom stereocenters. The largest absolute Gasteiger partial charge is 0.379 e. The molecule has 3 nitrogen and oxygen atoms in total. The van der Waals surface area contributed by atoms with E-state index in [0.717, 1.165) is 32.0 Å². The van der Waals surface area contributed by atoms with Crippen LogP contribution in [0, 0.1) is 0 Å². The fraction of sp³-hybridized carbons (Fsp3) is 0.615. The van der Waals surface area contributed by atoms with Crippen molar-refractivity contribution in [2.45, 2.75) is 25.1 Å². The van der Waals surface area contributed by atoms with Gasteiger partial charge in [0.05, 0.1) is 24.2 Å². The summed E-state index contributed by atoms with van der Waals surface area (Å²) in [6.45, 7) is 8.04. The van der Waals surface area contributed by atoms with Crippen molar-refractivity contribution < 1.29 is 4.74 Å². The fourth-order valence-corrected chi connectivity index (χ4v) is 2.71. The second kappa shape index (κ2) is 6.80. The number of morpholine rings is 1. The summed E-state index contributed by atoms with van der Waals surface area (Å²) in [5.74, 6) is 0. The summed E-state index contributed by atoms with van der Waals surface area (Å²) >= 11 is 4.23.